The maximum Gasteiger partial charge on any atom is 0.274 e. The van der Waals surface area contributed by atoms with Crippen LogP contribution >= 0.6 is 11.3 Å². The number of nitrogens with zero attached hydrogens (tertiary/aromatic N) is 5. The number of hydrogen-bond acceptors (Lipinski definition) is 12. The van der Waals surface area contributed by atoms with Crippen LogP contribution in [0.5, 0.6) is 5.75 Å². The van der Waals surface area contributed by atoms with Crippen LogP contribution in [0, 0.1) is 18.3 Å². The molecule has 2 aliphatic rings. The number of thiazole rings is 1. The normalized spacial score (nSPS) is 19.8. The summed E-state index contributed by atoms with van der Waals surface area (Å²) in [6.07, 6.45) is 1.33. The zero-order valence-corrected chi connectivity index (χ0v) is 38.1. The Balaban J connectivity index is 0.914. The highest BCUT2D eigenvalue weighted by atomic mass is 32.1. The molecule has 64 heavy (non-hydrogen) atoms. The summed E-state index contributed by atoms with van der Waals surface area (Å²) < 4.78 is 11.9. The van der Waals surface area contributed by atoms with Crippen LogP contribution in [0.3, 0.4) is 0 Å². The van der Waals surface area contributed by atoms with Gasteiger partial charge in [-0.3, -0.25) is 24.3 Å². The zero-order chi connectivity index (χ0) is 45.7. The van der Waals surface area contributed by atoms with Gasteiger partial charge in [-0.05, 0) is 73.1 Å². The summed E-state index contributed by atoms with van der Waals surface area (Å²) in [5.41, 5.74) is 6.87. The quantitative estimate of drug-likeness (QED) is 0.0907. The number of ether oxygens (including phenoxy) is 2. The number of nitrogens with one attached hydrogen (secondary N) is 4. The largest absolute Gasteiger partial charge is 0.494 e. The number of carbonyl (C=O) groups is 4. The molecule has 16 nitrogen and oxygen atoms in total. The summed E-state index contributed by atoms with van der Waals surface area (Å²) in [6, 6.07) is 18.3. The lowest BCUT2D eigenvalue weighted by molar-refractivity contribution is -0.145. The Morgan fingerprint density at radius 3 is 2.47 bits per heavy atom. The molecule has 2 fully saturated rings. The number of methoxy groups -OCH3 is 1. The van der Waals surface area contributed by atoms with Gasteiger partial charge in [0.1, 0.15) is 35.8 Å². The Labute approximate surface area is 377 Å². The van der Waals surface area contributed by atoms with Gasteiger partial charge in [0.15, 0.2) is 0 Å². The van der Waals surface area contributed by atoms with Gasteiger partial charge in [0, 0.05) is 44.0 Å². The highest BCUT2D eigenvalue weighted by molar-refractivity contribution is 7.13. The van der Waals surface area contributed by atoms with Crippen molar-refractivity contribution in [2.24, 2.45) is 11.3 Å². The molecule has 5 aromatic rings. The molecular weight excluding hydrogens is 835 g/mol. The van der Waals surface area contributed by atoms with E-state index in [0.717, 1.165) is 27.4 Å². The summed E-state index contributed by atoms with van der Waals surface area (Å²) in [7, 11) is 1.55. The van der Waals surface area contributed by atoms with Crippen molar-refractivity contribution < 1.29 is 33.8 Å². The molecule has 6 atom stereocenters. The van der Waals surface area contributed by atoms with Crippen LogP contribution in [0.25, 0.3) is 21.8 Å². The third-order valence-electron chi connectivity index (χ3n) is 11.9. The number of likely N-dealkylation sites (tertiary alicyclic amines) is 1. The van der Waals surface area contributed by atoms with Crippen molar-refractivity contribution >= 4 is 46.3 Å². The van der Waals surface area contributed by atoms with Crippen LogP contribution < -0.4 is 25.6 Å². The maximum absolute atomic E-state index is 14.2. The Kier molecular flexibility index (Phi) is 14.1. The average Bonchev–Trinajstić information content (AvgIpc) is 4.07. The number of hydrogen-bond donors (Lipinski definition) is 5. The first-order valence-electron chi connectivity index (χ1n) is 21.5. The van der Waals surface area contributed by atoms with E-state index in [1.54, 1.807) is 55.0 Å². The van der Waals surface area contributed by atoms with E-state index in [-0.39, 0.29) is 55.1 Å². The number of amides is 4. The second kappa shape index (κ2) is 19.7. The van der Waals surface area contributed by atoms with Gasteiger partial charge in [-0.15, -0.1) is 11.3 Å². The first kappa shape index (κ1) is 45.8. The summed E-state index contributed by atoms with van der Waals surface area (Å²) in [5.74, 6) is -1.09. The minimum Gasteiger partial charge on any atom is -0.494 e. The van der Waals surface area contributed by atoms with Crippen molar-refractivity contribution in [3.05, 3.63) is 95.4 Å². The van der Waals surface area contributed by atoms with E-state index in [9.17, 15) is 24.3 Å². The molecule has 338 valence electrons. The van der Waals surface area contributed by atoms with Crippen LogP contribution in [0.15, 0.2) is 78.4 Å². The number of aromatic amines is 1. The van der Waals surface area contributed by atoms with Gasteiger partial charge in [-0.25, -0.2) is 9.97 Å². The minimum atomic E-state index is -0.977. The van der Waals surface area contributed by atoms with E-state index in [4.69, 9.17) is 9.47 Å². The van der Waals surface area contributed by atoms with Crippen molar-refractivity contribution in [2.45, 2.75) is 84.7 Å². The maximum atomic E-state index is 14.2. The first-order chi connectivity index (χ1) is 30.6. The highest BCUT2D eigenvalue weighted by Gasteiger charge is 2.45. The highest BCUT2D eigenvalue weighted by Crippen LogP contribution is 2.34. The lowest BCUT2D eigenvalue weighted by atomic mass is 9.85. The number of carbonyl (C=O) groups excluding carboxylic acids is 4. The summed E-state index contributed by atoms with van der Waals surface area (Å²) in [6.45, 7) is 12.5. The van der Waals surface area contributed by atoms with Gasteiger partial charge in [-0.1, -0.05) is 58.0 Å². The SMILES string of the molecule is COc1cc(N2CC[C@H](OCC(=O)N[C@H](C(=O)N3C[C@H](O)C[C@H]3C(=O)N[C@@H](C)c3ccc(-c4scnc4C)cc3)C(C)(C)C)[C@H](C)C2)ccc1NC(=O)c1cccc(-c2cc[nH]n2)n1. The standard InChI is InChI=1S/C47H57N9O7S/c1-27-23-55(32-15-16-36(40(21-32)62-7)52-44(59)37-10-8-9-34(51-37)35-17-19-49-54-35)20-18-39(27)63-25-41(58)53-43(47(4,5)6)46(61)56-24-33(57)22-38(56)45(60)50-28(2)30-11-13-31(14-12-30)42-29(3)48-26-64-42/h8-17,19,21,26-28,33,38-39,43,57H,18,20,22-25H2,1-7H3,(H,49,54)(H,50,60)(H,52,59)(H,53,58)/t27-,28+,33-,38+,39+,43-/m1/s1. The van der Waals surface area contributed by atoms with Gasteiger partial charge < -0.3 is 40.3 Å². The molecule has 0 unspecified atom stereocenters. The monoisotopic (exact) mass is 891 g/mol. The van der Waals surface area contributed by atoms with Crippen LogP contribution in [-0.2, 0) is 19.1 Å². The summed E-state index contributed by atoms with van der Waals surface area (Å²) in [4.78, 5) is 68.1. The number of aryl methyl sites for hydroxylation is 1. The van der Waals surface area contributed by atoms with Gasteiger partial charge >= 0.3 is 0 Å². The Morgan fingerprint density at radius 1 is 1.02 bits per heavy atom. The van der Waals surface area contributed by atoms with Gasteiger partial charge in [0.2, 0.25) is 17.7 Å². The Hall–Kier alpha value is -6.17. The number of aliphatic hydroxyl groups excluding tert-OH is 1. The number of pyridine rings is 1. The Morgan fingerprint density at radius 2 is 1.80 bits per heavy atom. The molecule has 5 N–H and O–H groups in total. The number of H-pyrrole nitrogens is 1. The number of piperidine rings is 1. The van der Waals surface area contributed by atoms with Crippen molar-refractivity contribution in [3.63, 3.8) is 0 Å². The van der Waals surface area contributed by atoms with Gasteiger partial charge in [0.05, 0.1) is 52.8 Å². The molecule has 17 heteroatoms. The number of rotatable bonds is 14. The summed E-state index contributed by atoms with van der Waals surface area (Å²) >= 11 is 1.57. The van der Waals surface area contributed by atoms with Crippen LogP contribution in [0.2, 0.25) is 0 Å². The van der Waals surface area contributed by atoms with E-state index in [1.807, 2.05) is 76.5 Å². The van der Waals surface area contributed by atoms with E-state index < -0.39 is 35.4 Å². The number of anilines is 2. The number of benzene rings is 2. The van der Waals surface area contributed by atoms with Gasteiger partial charge in [0.25, 0.3) is 5.91 Å². The van der Waals surface area contributed by atoms with Crippen molar-refractivity contribution in [1.82, 2.24) is 35.7 Å². The van der Waals surface area contributed by atoms with Crippen LogP contribution in [-0.4, -0.2) is 111 Å². The third kappa shape index (κ3) is 10.6. The van der Waals surface area contributed by atoms with Crippen LogP contribution in [0.4, 0.5) is 11.4 Å². The van der Waals surface area contributed by atoms with E-state index >= 15 is 0 Å². The first-order valence-corrected chi connectivity index (χ1v) is 22.4. The van der Waals surface area contributed by atoms with E-state index in [1.165, 1.54) is 4.90 Å². The van der Waals surface area contributed by atoms with Crippen molar-refractivity contribution in [2.75, 3.05) is 43.6 Å². The zero-order valence-electron chi connectivity index (χ0n) is 37.3. The lowest BCUT2D eigenvalue weighted by Crippen LogP contribution is -2.58. The molecule has 0 bridgehead atoms. The number of β-amino-alcohol motifs (C(OH)–C–C–N with tert-alkyl or cyclic N) is 1. The molecule has 2 saturated heterocycles. The summed E-state index contributed by atoms with van der Waals surface area (Å²) in [5, 5.41) is 26.4. The fourth-order valence-corrected chi connectivity index (χ4v) is 9.09. The molecule has 0 saturated carbocycles. The predicted molar refractivity (Wildman–Crippen MR) is 245 cm³/mol. The minimum absolute atomic E-state index is 0.0222. The molecule has 0 aliphatic carbocycles. The van der Waals surface area contributed by atoms with Crippen molar-refractivity contribution in [1.29, 1.82) is 0 Å². The average molecular weight is 892 g/mol. The van der Waals surface area contributed by atoms with E-state index in [2.05, 4.69) is 47.9 Å². The topological polar surface area (TPSA) is 204 Å². The molecule has 4 amide bonds. The smallest absolute Gasteiger partial charge is 0.274 e. The fourth-order valence-electron chi connectivity index (χ4n) is 8.28. The number of aromatic nitrogens is 4. The molecule has 0 spiro atoms. The molecule has 3 aromatic heterocycles. The molecule has 2 aromatic carbocycles. The Bertz CT molecular complexity index is 2430. The number of aliphatic hydroxyl groups is 1. The second-order valence-electron chi connectivity index (χ2n) is 17.6. The third-order valence-corrected chi connectivity index (χ3v) is 12.8. The van der Waals surface area contributed by atoms with Crippen molar-refractivity contribution in [3.8, 4) is 27.6 Å². The lowest BCUT2D eigenvalue weighted by Gasteiger charge is -2.38. The molecule has 0 radical (unpaired) electrons. The predicted octanol–water partition coefficient (Wildman–Crippen LogP) is 5.77. The molecule has 7 rings (SSSR count). The molecular formula is C47H57N9O7S. The van der Waals surface area contributed by atoms with Crippen LogP contribution in [0.1, 0.15) is 75.2 Å². The van der Waals surface area contributed by atoms with E-state index in [0.29, 0.717) is 42.3 Å². The van der Waals surface area contributed by atoms with Gasteiger partial charge in [-0.2, -0.15) is 5.10 Å². The second-order valence-corrected chi connectivity index (χ2v) is 18.5. The molecule has 5 heterocycles. The fraction of sp³-hybridized carbons (Fsp3) is 0.426. The molecule has 2 aliphatic heterocycles.